The molecule has 1 atom stereocenters. The number of rotatable bonds is 9. The van der Waals surface area contributed by atoms with Crippen LogP contribution >= 0.6 is 0 Å². The third-order valence-electron chi connectivity index (χ3n) is 6.12. The van der Waals surface area contributed by atoms with Crippen molar-refractivity contribution in [3.05, 3.63) is 88.2 Å². The number of carbonyl (C=O) groups is 2. The van der Waals surface area contributed by atoms with Gasteiger partial charge >= 0.3 is 18.2 Å². The Morgan fingerprint density at radius 2 is 1.64 bits per heavy atom. The third kappa shape index (κ3) is 8.71. The quantitative estimate of drug-likeness (QED) is 0.201. The minimum atomic E-state index is -5.08. The smallest absolute Gasteiger partial charge is 0.419 e. The van der Waals surface area contributed by atoms with E-state index in [4.69, 9.17) is 14.2 Å². The minimum Gasteiger partial charge on any atom is -0.488 e. The number of aryl methyl sites for hydroxylation is 2. The lowest BCUT2D eigenvalue weighted by Gasteiger charge is -2.25. The molecule has 1 amide bonds. The molecule has 0 aromatic heterocycles. The fraction of sp³-hybridized carbons (Fsp3) is 0.375. The van der Waals surface area contributed by atoms with E-state index in [2.05, 4.69) is 5.32 Å². The van der Waals surface area contributed by atoms with Gasteiger partial charge in [-0.25, -0.2) is 9.18 Å². The lowest BCUT2D eigenvalue weighted by Crippen LogP contribution is -2.36. The summed E-state index contributed by atoms with van der Waals surface area (Å²) >= 11 is 0. The van der Waals surface area contributed by atoms with Crippen molar-refractivity contribution in [2.75, 3.05) is 6.61 Å². The topological polar surface area (TPSA) is 73.9 Å². The highest BCUT2D eigenvalue weighted by atomic mass is 19.4. The van der Waals surface area contributed by atoms with E-state index in [1.807, 2.05) is 37.3 Å². The van der Waals surface area contributed by atoms with Crippen LogP contribution in [0.2, 0.25) is 0 Å². The summed E-state index contributed by atoms with van der Waals surface area (Å²) in [5.74, 6) is -2.16. The van der Waals surface area contributed by atoms with Crippen molar-refractivity contribution in [2.24, 2.45) is 0 Å². The van der Waals surface area contributed by atoms with Gasteiger partial charge < -0.3 is 19.5 Å². The first kappa shape index (κ1) is 32.4. The first-order chi connectivity index (χ1) is 19.6. The standard InChI is InChI=1S/C32H35F4NO5/c1-7-40-27(38)17-25(37-30(39)42-31(4,5)6)23-15-22(16-24(29(23)33)32(34,35)36)28-20(3)13-19(2)14-26(28)41-18-21-11-9-8-10-12-21/h8-16,25H,7,17-18H2,1-6H3,(H,37,39)/t25-/m0/s1. The Balaban J connectivity index is 2.20. The second-order valence-corrected chi connectivity index (χ2v) is 10.9. The normalized spacial score (nSPS) is 12.4. The molecule has 0 aliphatic rings. The predicted molar refractivity (Wildman–Crippen MR) is 150 cm³/mol. The van der Waals surface area contributed by atoms with Crippen LogP contribution in [-0.2, 0) is 27.1 Å². The third-order valence-corrected chi connectivity index (χ3v) is 6.12. The highest BCUT2D eigenvalue weighted by Gasteiger charge is 2.38. The lowest BCUT2D eigenvalue weighted by atomic mass is 9.91. The van der Waals surface area contributed by atoms with Gasteiger partial charge in [0.15, 0.2) is 0 Å². The molecular formula is C32H35F4NO5. The Labute approximate surface area is 243 Å². The van der Waals surface area contributed by atoms with Crippen LogP contribution in [0, 0.1) is 19.7 Å². The summed E-state index contributed by atoms with van der Waals surface area (Å²) < 4.78 is 74.6. The molecule has 3 aromatic carbocycles. The van der Waals surface area contributed by atoms with Crippen molar-refractivity contribution < 1.29 is 41.4 Å². The highest BCUT2D eigenvalue weighted by Crippen LogP contribution is 2.42. The van der Waals surface area contributed by atoms with Crippen molar-refractivity contribution in [3.8, 4) is 16.9 Å². The van der Waals surface area contributed by atoms with Gasteiger partial charge in [0.2, 0.25) is 0 Å². The number of carbonyl (C=O) groups excluding carboxylic acids is 2. The summed E-state index contributed by atoms with van der Waals surface area (Å²) in [5, 5.41) is 2.36. The van der Waals surface area contributed by atoms with E-state index in [-0.39, 0.29) is 18.8 Å². The lowest BCUT2D eigenvalue weighted by molar-refractivity contribution is -0.143. The van der Waals surface area contributed by atoms with Gasteiger partial charge in [-0.2, -0.15) is 13.2 Å². The van der Waals surface area contributed by atoms with Crippen LogP contribution in [-0.4, -0.2) is 24.3 Å². The Bertz CT molecular complexity index is 1420. The summed E-state index contributed by atoms with van der Waals surface area (Å²) in [6.45, 7) is 9.98. The van der Waals surface area contributed by atoms with E-state index in [1.54, 1.807) is 46.8 Å². The molecule has 3 rings (SSSR count). The average molecular weight is 590 g/mol. The maximum Gasteiger partial charge on any atom is 0.419 e. The molecule has 0 fully saturated rings. The Hall–Kier alpha value is -4.08. The first-order valence-electron chi connectivity index (χ1n) is 13.4. The van der Waals surface area contributed by atoms with E-state index in [9.17, 15) is 22.8 Å². The van der Waals surface area contributed by atoms with Crippen LogP contribution < -0.4 is 10.1 Å². The van der Waals surface area contributed by atoms with Crippen LogP contribution in [0.3, 0.4) is 0 Å². The molecule has 226 valence electrons. The van der Waals surface area contributed by atoms with Gasteiger partial charge in [-0.15, -0.1) is 0 Å². The molecule has 42 heavy (non-hydrogen) atoms. The number of hydrogen-bond acceptors (Lipinski definition) is 5. The molecule has 0 aliphatic heterocycles. The van der Waals surface area contributed by atoms with Gasteiger partial charge in [-0.1, -0.05) is 36.4 Å². The molecule has 0 bridgehead atoms. The zero-order valence-corrected chi connectivity index (χ0v) is 24.4. The molecule has 6 nitrogen and oxygen atoms in total. The van der Waals surface area contributed by atoms with E-state index in [1.165, 1.54) is 6.07 Å². The van der Waals surface area contributed by atoms with E-state index in [0.29, 0.717) is 22.9 Å². The predicted octanol–water partition coefficient (Wildman–Crippen LogP) is 8.23. The van der Waals surface area contributed by atoms with Crippen LogP contribution in [0.25, 0.3) is 11.1 Å². The number of amides is 1. The molecule has 3 aromatic rings. The van der Waals surface area contributed by atoms with Crippen molar-refractivity contribution >= 4 is 12.1 Å². The fourth-order valence-electron chi connectivity index (χ4n) is 4.47. The summed E-state index contributed by atoms with van der Waals surface area (Å²) in [4.78, 5) is 25.1. The molecule has 0 saturated heterocycles. The number of hydrogen-bond donors (Lipinski definition) is 1. The molecule has 10 heteroatoms. The zero-order valence-electron chi connectivity index (χ0n) is 24.4. The second-order valence-electron chi connectivity index (χ2n) is 10.9. The molecule has 0 saturated carbocycles. The number of benzene rings is 3. The van der Waals surface area contributed by atoms with Gasteiger partial charge in [0.25, 0.3) is 0 Å². The highest BCUT2D eigenvalue weighted by molar-refractivity contribution is 5.77. The molecule has 0 heterocycles. The largest absolute Gasteiger partial charge is 0.488 e. The summed E-state index contributed by atoms with van der Waals surface area (Å²) in [7, 11) is 0. The summed E-state index contributed by atoms with van der Waals surface area (Å²) in [6, 6.07) is 13.1. The minimum absolute atomic E-state index is 0.000802. The van der Waals surface area contributed by atoms with Crippen LogP contribution in [0.4, 0.5) is 22.4 Å². The van der Waals surface area contributed by atoms with E-state index < -0.39 is 53.2 Å². The van der Waals surface area contributed by atoms with Gasteiger partial charge in [0.05, 0.1) is 24.6 Å². The van der Waals surface area contributed by atoms with Crippen LogP contribution in [0.5, 0.6) is 5.75 Å². The number of alkyl carbamates (subject to hydrolysis) is 1. The molecular weight excluding hydrogens is 554 g/mol. The van der Waals surface area contributed by atoms with Gasteiger partial charge in [-0.05, 0) is 82.0 Å². The molecule has 0 spiro atoms. The van der Waals surface area contributed by atoms with Gasteiger partial charge in [0, 0.05) is 11.1 Å². The Morgan fingerprint density at radius 3 is 2.24 bits per heavy atom. The maximum absolute atomic E-state index is 15.7. The van der Waals surface area contributed by atoms with Crippen molar-refractivity contribution in [3.63, 3.8) is 0 Å². The Kier molecular flexibility index (Phi) is 10.2. The molecule has 0 radical (unpaired) electrons. The average Bonchev–Trinajstić information content (AvgIpc) is 2.86. The molecule has 0 aliphatic carbocycles. The van der Waals surface area contributed by atoms with Crippen molar-refractivity contribution in [1.82, 2.24) is 5.32 Å². The number of esters is 1. The second kappa shape index (κ2) is 13.3. The van der Waals surface area contributed by atoms with Crippen molar-refractivity contribution in [2.45, 2.75) is 72.4 Å². The summed E-state index contributed by atoms with van der Waals surface area (Å²) in [6.07, 6.45) is -6.75. The van der Waals surface area contributed by atoms with E-state index >= 15 is 4.39 Å². The SMILES string of the molecule is CCOC(=O)C[C@H](NC(=O)OC(C)(C)C)c1cc(-c2c(C)cc(C)cc2OCc2ccccc2)cc(C(F)(F)F)c1F. The fourth-order valence-corrected chi connectivity index (χ4v) is 4.47. The number of nitrogens with one attached hydrogen (secondary N) is 1. The Morgan fingerprint density at radius 1 is 0.976 bits per heavy atom. The number of halogens is 4. The number of ether oxygens (including phenoxy) is 3. The van der Waals surface area contributed by atoms with E-state index in [0.717, 1.165) is 11.1 Å². The van der Waals surface area contributed by atoms with Gasteiger partial charge in [0.1, 0.15) is 23.8 Å². The van der Waals surface area contributed by atoms with Crippen LogP contribution in [0.15, 0.2) is 54.6 Å². The first-order valence-corrected chi connectivity index (χ1v) is 13.4. The molecule has 1 N–H and O–H groups in total. The number of alkyl halides is 3. The zero-order chi connectivity index (χ0) is 31.2. The summed E-state index contributed by atoms with van der Waals surface area (Å²) in [5.41, 5.74) is -0.504. The van der Waals surface area contributed by atoms with Crippen molar-refractivity contribution in [1.29, 1.82) is 0 Å². The van der Waals surface area contributed by atoms with Gasteiger partial charge in [-0.3, -0.25) is 4.79 Å². The maximum atomic E-state index is 15.7. The monoisotopic (exact) mass is 589 g/mol. The molecule has 0 unspecified atom stereocenters. The van der Waals surface area contributed by atoms with Crippen LogP contribution in [0.1, 0.15) is 68.0 Å².